The molecule has 1 aromatic rings. The van der Waals surface area contributed by atoms with Gasteiger partial charge in [-0.1, -0.05) is 6.07 Å². The first-order valence-corrected chi connectivity index (χ1v) is 3.98. The third-order valence-corrected chi connectivity index (χ3v) is 1.76. The van der Waals surface area contributed by atoms with E-state index in [0.717, 1.165) is 12.1 Å². The number of benzene rings is 1. The summed E-state index contributed by atoms with van der Waals surface area (Å²) in [7, 11) is 0. The van der Waals surface area contributed by atoms with Crippen molar-refractivity contribution in [3.05, 3.63) is 35.4 Å². The summed E-state index contributed by atoms with van der Waals surface area (Å²) in [4.78, 5) is 0. The van der Waals surface area contributed by atoms with Crippen LogP contribution in [0.3, 0.4) is 0 Å². The van der Waals surface area contributed by atoms with Crippen LogP contribution in [0.25, 0.3) is 0 Å². The van der Waals surface area contributed by atoms with Crippen molar-refractivity contribution < 1.29 is 13.9 Å². The van der Waals surface area contributed by atoms with Crippen molar-refractivity contribution in [2.75, 3.05) is 6.54 Å². The highest BCUT2D eigenvalue weighted by Crippen LogP contribution is 2.19. The third kappa shape index (κ3) is 2.47. The minimum Gasteiger partial charge on any atom is -0.388 e. The molecule has 13 heavy (non-hydrogen) atoms. The summed E-state index contributed by atoms with van der Waals surface area (Å²) in [6, 6.07) is 3.08. The molecule has 1 rings (SSSR count). The van der Waals surface area contributed by atoms with Crippen LogP contribution < -0.4 is 5.73 Å². The Morgan fingerprint density at radius 2 is 2.08 bits per heavy atom. The second-order valence-electron chi connectivity index (χ2n) is 2.76. The van der Waals surface area contributed by atoms with Gasteiger partial charge >= 0.3 is 0 Å². The average Bonchev–Trinajstić information content (AvgIpc) is 2.04. The molecule has 2 nitrogen and oxygen atoms in total. The van der Waals surface area contributed by atoms with Crippen molar-refractivity contribution in [2.45, 2.75) is 12.5 Å². The van der Waals surface area contributed by atoms with E-state index in [0.29, 0.717) is 0 Å². The van der Waals surface area contributed by atoms with Crippen LogP contribution in [-0.2, 0) is 0 Å². The molecule has 3 N–H and O–H groups in total. The highest BCUT2D eigenvalue weighted by atomic mass is 19.1. The predicted octanol–water partition coefficient (Wildman–Crippen LogP) is 1.35. The molecular weight excluding hydrogens is 176 g/mol. The molecular formula is C9H11F2NO. The maximum absolute atomic E-state index is 13.0. The lowest BCUT2D eigenvalue weighted by atomic mass is 10.1. The first kappa shape index (κ1) is 10.1. The van der Waals surface area contributed by atoms with Crippen LogP contribution in [0.4, 0.5) is 8.78 Å². The fourth-order valence-electron chi connectivity index (χ4n) is 1.09. The zero-order chi connectivity index (χ0) is 9.84. The Morgan fingerprint density at radius 1 is 1.38 bits per heavy atom. The summed E-state index contributed by atoms with van der Waals surface area (Å²) in [6.07, 6.45) is -0.687. The van der Waals surface area contributed by atoms with E-state index in [9.17, 15) is 13.9 Å². The molecule has 0 unspecified atom stereocenters. The first-order valence-electron chi connectivity index (χ1n) is 3.98. The topological polar surface area (TPSA) is 46.2 Å². The van der Waals surface area contributed by atoms with E-state index < -0.39 is 17.7 Å². The zero-order valence-corrected chi connectivity index (χ0v) is 7.00. The van der Waals surface area contributed by atoms with Crippen LogP contribution in [0, 0.1) is 11.6 Å². The van der Waals surface area contributed by atoms with Crippen LogP contribution in [0.1, 0.15) is 18.1 Å². The molecule has 1 aromatic carbocycles. The van der Waals surface area contributed by atoms with E-state index in [4.69, 9.17) is 5.73 Å². The summed E-state index contributed by atoms with van der Waals surface area (Å²) < 4.78 is 25.4. The van der Waals surface area contributed by atoms with E-state index >= 15 is 0 Å². The Labute approximate surface area is 75.0 Å². The van der Waals surface area contributed by atoms with Crippen LogP contribution in [0.15, 0.2) is 18.2 Å². The molecule has 0 fully saturated rings. The Bertz CT molecular complexity index is 291. The molecule has 1 atom stereocenters. The number of nitrogens with two attached hydrogens (primary N) is 1. The standard InChI is InChI=1S/C9H11F2NO/c10-6-1-2-7(8(11)5-6)9(13)3-4-12/h1-2,5,9,13H,3-4,12H2/t9-/m0/s1. The fraction of sp³-hybridized carbons (Fsp3) is 0.333. The van der Waals surface area contributed by atoms with Crippen molar-refractivity contribution in [1.29, 1.82) is 0 Å². The predicted molar refractivity (Wildman–Crippen MR) is 45.0 cm³/mol. The van der Waals surface area contributed by atoms with E-state index in [-0.39, 0.29) is 18.5 Å². The molecule has 0 spiro atoms. The molecule has 0 amide bonds. The Kier molecular flexibility index (Phi) is 3.33. The molecule has 0 aliphatic heterocycles. The van der Waals surface area contributed by atoms with Crippen molar-refractivity contribution in [3.63, 3.8) is 0 Å². The van der Waals surface area contributed by atoms with Crippen LogP contribution >= 0.6 is 0 Å². The zero-order valence-electron chi connectivity index (χ0n) is 7.00. The molecule has 0 heterocycles. The van der Waals surface area contributed by atoms with Gasteiger partial charge in [-0.2, -0.15) is 0 Å². The SMILES string of the molecule is NCC[C@H](O)c1ccc(F)cc1F. The second kappa shape index (κ2) is 4.30. The summed E-state index contributed by atoms with van der Waals surface area (Å²) in [5, 5.41) is 9.35. The lowest BCUT2D eigenvalue weighted by Gasteiger charge is -2.09. The van der Waals surface area contributed by atoms with Crippen molar-refractivity contribution in [1.82, 2.24) is 0 Å². The van der Waals surface area contributed by atoms with Gasteiger partial charge in [-0.3, -0.25) is 0 Å². The number of aliphatic hydroxyl groups excluding tert-OH is 1. The minimum atomic E-state index is -0.953. The molecule has 0 aliphatic rings. The number of aliphatic hydroxyl groups is 1. The summed E-state index contributed by atoms with van der Waals surface area (Å²) in [5.74, 6) is -1.39. The summed E-state index contributed by atoms with van der Waals surface area (Å²) in [6.45, 7) is 0.262. The van der Waals surface area contributed by atoms with Crippen LogP contribution in [0.2, 0.25) is 0 Å². The molecule has 0 saturated heterocycles. The number of halogens is 2. The first-order chi connectivity index (χ1) is 6.15. The van der Waals surface area contributed by atoms with Crippen LogP contribution in [-0.4, -0.2) is 11.7 Å². The number of hydrogen-bond donors (Lipinski definition) is 2. The molecule has 0 aliphatic carbocycles. The highest BCUT2D eigenvalue weighted by Gasteiger charge is 2.11. The molecule has 0 bridgehead atoms. The van der Waals surface area contributed by atoms with E-state index in [1.54, 1.807) is 0 Å². The smallest absolute Gasteiger partial charge is 0.131 e. The lowest BCUT2D eigenvalue weighted by Crippen LogP contribution is -2.08. The molecule has 4 heteroatoms. The monoisotopic (exact) mass is 187 g/mol. The summed E-state index contributed by atoms with van der Waals surface area (Å²) >= 11 is 0. The fourth-order valence-corrected chi connectivity index (χ4v) is 1.09. The van der Waals surface area contributed by atoms with Gasteiger partial charge in [0, 0.05) is 11.6 Å². The van der Waals surface area contributed by atoms with E-state index in [1.165, 1.54) is 6.07 Å². The van der Waals surface area contributed by atoms with Gasteiger partial charge in [0.1, 0.15) is 11.6 Å². The lowest BCUT2D eigenvalue weighted by molar-refractivity contribution is 0.165. The molecule has 0 aromatic heterocycles. The maximum atomic E-state index is 13.0. The molecule has 0 saturated carbocycles. The largest absolute Gasteiger partial charge is 0.388 e. The highest BCUT2D eigenvalue weighted by molar-refractivity contribution is 5.20. The third-order valence-electron chi connectivity index (χ3n) is 1.76. The quantitative estimate of drug-likeness (QED) is 0.750. The van der Waals surface area contributed by atoms with Crippen molar-refractivity contribution in [3.8, 4) is 0 Å². The average molecular weight is 187 g/mol. The van der Waals surface area contributed by atoms with Crippen molar-refractivity contribution in [2.24, 2.45) is 5.73 Å². The van der Waals surface area contributed by atoms with Gasteiger partial charge < -0.3 is 10.8 Å². The van der Waals surface area contributed by atoms with Gasteiger partial charge in [0.2, 0.25) is 0 Å². The maximum Gasteiger partial charge on any atom is 0.131 e. The Balaban J connectivity index is 2.88. The van der Waals surface area contributed by atoms with Gasteiger partial charge in [-0.05, 0) is 19.0 Å². The molecule has 72 valence electrons. The normalized spacial score (nSPS) is 12.9. The Hall–Kier alpha value is -1.00. The van der Waals surface area contributed by atoms with Crippen LogP contribution in [0.5, 0.6) is 0 Å². The summed E-state index contributed by atoms with van der Waals surface area (Å²) in [5.41, 5.74) is 5.28. The number of rotatable bonds is 3. The molecule has 0 radical (unpaired) electrons. The van der Waals surface area contributed by atoms with Gasteiger partial charge in [0.25, 0.3) is 0 Å². The minimum absolute atomic E-state index is 0.0897. The van der Waals surface area contributed by atoms with E-state index in [2.05, 4.69) is 0 Å². The van der Waals surface area contributed by atoms with Crippen molar-refractivity contribution >= 4 is 0 Å². The van der Waals surface area contributed by atoms with Gasteiger partial charge in [0.15, 0.2) is 0 Å². The van der Waals surface area contributed by atoms with Gasteiger partial charge in [0.05, 0.1) is 6.10 Å². The van der Waals surface area contributed by atoms with E-state index in [1.807, 2.05) is 0 Å². The van der Waals surface area contributed by atoms with Gasteiger partial charge in [-0.25, -0.2) is 8.78 Å². The van der Waals surface area contributed by atoms with Gasteiger partial charge in [-0.15, -0.1) is 0 Å². The Morgan fingerprint density at radius 3 is 2.62 bits per heavy atom. The second-order valence-corrected chi connectivity index (χ2v) is 2.76. The number of hydrogen-bond acceptors (Lipinski definition) is 2.